The van der Waals surface area contributed by atoms with Crippen LogP contribution in [0, 0.1) is 0 Å². The molecule has 5 rings (SSSR count). The first-order chi connectivity index (χ1) is 12.7. The van der Waals surface area contributed by atoms with Crippen LogP contribution in [-0.4, -0.2) is 22.8 Å². The molecule has 0 aromatic heterocycles. The smallest absolute Gasteiger partial charge is 0.0944 e. The molecular formula is C22H18N2OS. The van der Waals surface area contributed by atoms with E-state index in [4.69, 9.17) is 0 Å². The van der Waals surface area contributed by atoms with Gasteiger partial charge in [0.2, 0.25) is 0 Å². The van der Waals surface area contributed by atoms with Crippen LogP contribution in [0.25, 0.3) is 16.8 Å². The van der Waals surface area contributed by atoms with Crippen LogP contribution in [0.4, 0.5) is 5.69 Å². The van der Waals surface area contributed by atoms with Gasteiger partial charge in [0.1, 0.15) is 0 Å². The molecule has 0 amide bonds. The lowest BCUT2D eigenvalue weighted by Crippen LogP contribution is -2.22. The SMILES string of the molecule is CN1CN(c2ccccc2)C=C1c1ccc2c(c1)-c1ccccc1S2=O. The first-order valence-corrected chi connectivity index (χ1v) is 9.77. The lowest BCUT2D eigenvalue weighted by atomic mass is 10.0. The summed E-state index contributed by atoms with van der Waals surface area (Å²) >= 11 is 0. The average Bonchev–Trinajstić information content (AvgIpc) is 3.21. The molecule has 4 heteroatoms. The molecule has 1 atom stereocenters. The summed E-state index contributed by atoms with van der Waals surface area (Å²) in [7, 11) is 1.03. The van der Waals surface area contributed by atoms with E-state index in [2.05, 4.69) is 65.5 Å². The van der Waals surface area contributed by atoms with Crippen molar-refractivity contribution in [3.8, 4) is 11.1 Å². The van der Waals surface area contributed by atoms with Crippen LogP contribution < -0.4 is 4.90 Å². The molecule has 0 saturated carbocycles. The maximum absolute atomic E-state index is 12.7. The quantitative estimate of drug-likeness (QED) is 0.525. The Balaban J connectivity index is 1.58. The van der Waals surface area contributed by atoms with E-state index >= 15 is 0 Å². The summed E-state index contributed by atoms with van der Waals surface area (Å²) in [6, 6.07) is 24.7. The summed E-state index contributed by atoms with van der Waals surface area (Å²) < 4.78 is 12.7. The van der Waals surface area contributed by atoms with Gasteiger partial charge in [-0.1, -0.05) is 42.5 Å². The van der Waals surface area contributed by atoms with Gasteiger partial charge in [-0.3, -0.25) is 0 Å². The predicted molar refractivity (Wildman–Crippen MR) is 106 cm³/mol. The van der Waals surface area contributed by atoms with Crippen LogP contribution in [0.5, 0.6) is 0 Å². The Morgan fingerprint density at radius 3 is 2.42 bits per heavy atom. The summed E-state index contributed by atoms with van der Waals surface area (Å²) in [6.45, 7) is 0.818. The van der Waals surface area contributed by atoms with Crippen molar-refractivity contribution >= 4 is 22.2 Å². The van der Waals surface area contributed by atoms with E-state index in [1.54, 1.807) is 0 Å². The highest BCUT2D eigenvalue weighted by Crippen LogP contribution is 2.42. The monoisotopic (exact) mass is 358 g/mol. The van der Waals surface area contributed by atoms with Crippen LogP contribution in [-0.2, 0) is 10.8 Å². The van der Waals surface area contributed by atoms with Crippen LogP contribution in [0.1, 0.15) is 5.56 Å². The fraction of sp³-hybridized carbons (Fsp3) is 0.0909. The molecule has 3 aromatic rings. The van der Waals surface area contributed by atoms with E-state index in [1.807, 2.05) is 30.3 Å². The molecule has 3 nitrogen and oxygen atoms in total. The number of nitrogens with zero attached hydrogens (tertiary/aromatic N) is 2. The van der Waals surface area contributed by atoms with Gasteiger partial charge in [0.05, 0.1) is 33.0 Å². The van der Waals surface area contributed by atoms with Gasteiger partial charge in [0.25, 0.3) is 0 Å². The minimum absolute atomic E-state index is 0.818. The summed E-state index contributed by atoms with van der Waals surface area (Å²) in [5.74, 6) is 0. The molecule has 1 unspecified atom stereocenters. The minimum atomic E-state index is -1.07. The molecule has 26 heavy (non-hydrogen) atoms. The molecule has 0 aliphatic carbocycles. The standard InChI is InChI=1S/C22H18N2OS/c1-23-15-24(17-7-3-2-4-8-17)14-20(23)16-11-12-22-19(13-16)18-9-5-6-10-21(18)26(22)25/h2-14H,15H2,1H3. The number of hydrogen-bond acceptors (Lipinski definition) is 3. The van der Waals surface area contributed by atoms with Crippen molar-refractivity contribution < 1.29 is 4.21 Å². The maximum atomic E-state index is 12.7. The molecule has 0 spiro atoms. The van der Waals surface area contributed by atoms with E-state index in [9.17, 15) is 4.21 Å². The Bertz CT molecular complexity index is 1060. The third-order valence-electron chi connectivity index (χ3n) is 4.99. The Labute approximate surface area is 155 Å². The lowest BCUT2D eigenvalue weighted by molar-refractivity contribution is 0.516. The highest BCUT2D eigenvalue weighted by Gasteiger charge is 2.27. The third kappa shape index (κ3) is 2.30. The zero-order valence-electron chi connectivity index (χ0n) is 14.4. The number of fused-ring (bicyclic) bond motifs is 3. The van der Waals surface area contributed by atoms with Crippen molar-refractivity contribution in [3.05, 3.63) is 84.6 Å². The predicted octanol–water partition coefficient (Wildman–Crippen LogP) is 4.54. The lowest BCUT2D eigenvalue weighted by Gasteiger charge is -2.19. The number of para-hydroxylation sites is 1. The van der Waals surface area contributed by atoms with E-state index in [-0.39, 0.29) is 0 Å². The van der Waals surface area contributed by atoms with E-state index < -0.39 is 10.8 Å². The summed E-state index contributed by atoms with van der Waals surface area (Å²) in [5, 5.41) is 0. The van der Waals surface area contributed by atoms with Gasteiger partial charge in [-0.05, 0) is 35.9 Å². The molecule has 2 heterocycles. The van der Waals surface area contributed by atoms with Gasteiger partial charge in [-0.25, -0.2) is 4.21 Å². The van der Waals surface area contributed by atoms with Crippen LogP contribution in [0.2, 0.25) is 0 Å². The van der Waals surface area contributed by atoms with Crippen molar-refractivity contribution in [2.24, 2.45) is 0 Å². The Morgan fingerprint density at radius 2 is 1.58 bits per heavy atom. The van der Waals surface area contributed by atoms with Crippen molar-refractivity contribution in [2.75, 3.05) is 18.6 Å². The van der Waals surface area contributed by atoms with Crippen LogP contribution >= 0.6 is 0 Å². The summed E-state index contributed by atoms with van der Waals surface area (Å²) in [4.78, 5) is 6.32. The second-order valence-corrected chi connectivity index (χ2v) is 8.05. The van der Waals surface area contributed by atoms with Crippen molar-refractivity contribution in [1.29, 1.82) is 0 Å². The van der Waals surface area contributed by atoms with Crippen molar-refractivity contribution in [2.45, 2.75) is 9.79 Å². The number of benzene rings is 3. The van der Waals surface area contributed by atoms with Gasteiger partial charge in [0.15, 0.2) is 0 Å². The molecule has 128 valence electrons. The number of anilines is 1. The van der Waals surface area contributed by atoms with Crippen molar-refractivity contribution in [3.63, 3.8) is 0 Å². The van der Waals surface area contributed by atoms with Gasteiger partial charge < -0.3 is 9.80 Å². The zero-order chi connectivity index (χ0) is 17.7. The maximum Gasteiger partial charge on any atom is 0.0944 e. The fourth-order valence-corrected chi connectivity index (χ4v) is 5.07. The number of rotatable bonds is 2. The highest BCUT2D eigenvalue weighted by atomic mass is 32.2. The number of hydrogen-bond donors (Lipinski definition) is 0. The largest absolute Gasteiger partial charge is 0.355 e. The Morgan fingerprint density at radius 1 is 0.846 bits per heavy atom. The van der Waals surface area contributed by atoms with Gasteiger partial charge >= 0.3 is 0 Å². The molecule has 0 saturated heterocycles. The Kier molecular flexibility index (Phi) is 3.47. The third-order valence-corrected chi connectivity index (χ3v) is 6.50. The van der Waals surface area contributed by atoms with Crippen LogP contribution in [0.3, 0.4) is 0 Å². The Hall–Kier alpha value is -2.85. The van der Waals surface area contributed by atoms with Crippen LogP contribution in [0.15, 0.2) is 88.8 Å². The molecule has 2 aliphatic rings. The summed E-state index contributed by atoms with van der Waals surface area (Å²) in [5.41, 5.74) is 5.68. The normalized spacial score (nSPS) is 17.9. The van der Waals surface area contributed by atoms with E-state index in [1.165, 1.54) is 11.4 Å². The fourth-order valence-electron chi connectivity index (χ4n) is 3.69. The zero-order valence-corrected chi connectivity index (χ0v) is 15.2. The molecule has 0 radical (unpaired) electrons. The molecular weight excluding hydrogens is 340 g/mol. The molecule has 2 aliphatic heterocycles. The molecule has 0 N–H and O–H groups in total. The molecule has 0 bridgehead atoms. The molecule has 0 fully saturated rings. The van der Waals surface area contributed by atoms with E-state index in [0.717, 1.165) is 33.2 Å². The molecule has 3 aromatic carbocycles. The second-order valence-electron chi connectivity index (χ2n) is 6.63. The van der Waals surface area contributed by atoms with Gasteiger partial charge in [-0.2, -0.15) is 0 Å². The minimum Gasteiger partial charge on any atom is -0.355 e. The van der Waals surface area contributed by atoms with Gasteiger partial charge in [-0.15, -0.1) is 0 Å². The first kappa shape index (κ1) is 15.4. The van der Waals surface area contributed by atoms with Crippen molar-refractivity contribution in [1.82, 2.24) is 4.90 Å². The van der Waals surface area contributed by atoms with Gasteiger partial charge in [0, 0.05) is 30.1 Å². The van der Waals surface area contributed by atoms with E-state index in [0.29, 0.717) is 0 Å². The topological polar surface area (TPSA) is 23.6 Å². The highest BCUT2D eigenvalue weighted by molar-refractivity contribution is 7.85. The average molecular weight is 358 g/mol. The first-order valence-electron chi connectivity index (χ1n) is 8.62. The second kappa shape index (κ2) is 5.85. The summed E-state index contributed by atoms with van der Waals surface area (Å²) in [6.07, 6.45) is 2.19.